The van der Waals surface area contributed by atoms with Crippen LogP contribution in [0.1, 0.15) is 69.1 Å². The van der Waals surface area contributed by atoms with Crippen LogP contribution in [0.5, 0.6) is 5.75 Å². The third kappa shape index (κ3) is 10.6. The lowest BCUT2D eigenvalue weighted by atomic mass is 9.89. The molecule has 0 bridgehead atoms. The molecule has 3 atom stereocenters. The number of rotatable bonds is 15. The molecule has 2 amide bonds. The van der Waals surface area contributed by atoms with Gasteiger partial charge in [0.25, 0.3) is 11.8 Å². The van der Waals surface area contributed by atoms with E-state index in [0.29, 0.717) is 49.0 Å². The molecule has 0 radical (unpaired) electrons. The number of alkyl halides is 3. The minimum Gasteiger partial charge on any atom is -0.406 e. The van der Waals surface area contributed by atoms with Gasteiger partial charge in [-0.05, 0) is 97.2 Å². The SMILES string of the molecule is O=C(NCCCC(Cc1ccccc1)C(O)CNCc1cccc(OC(F)(F)F)c1)c1cccc(C(=O)N2CCCC2c2ccncc2)c1. The van der Waals surface area contributed by atoms with Gasteiger partial charge in [-0.3, -0.25) is 14.6 Å². The predicted molar refractivity (Wildman–Crippen MR) is 180 cm³/mol. The van der Waals surface area contributed by atoms with Gasteiger partial charge in [-0.2, -0.15) is 0 Å². The summed E-state index contributed by atoms with van der Waals surface area (Å²) in [5, 5.41) is 17.2. The van der Waals surface area contributed by atoms with E-state index in [0.717, 1.165) is 24.0 Å². The van der Waals surface area contributed by atoms with Gasteiger partial charge in [0.2, 0.25) is 0 Å². The van der Waals surface area contributed by atoms with E-state index >= 15 is 0 Å². The quantitative estimate of drug-likeness (QED) is 0.125. The second kappa shape index (κ2) is 17.1. The monoisotopic (exact) mass is 674 g/mol. The molecule has 49 heavy (non-hydrogen) atoms. The lowest BCUT2D eigenvalue weighted by molar-refractivity contribution is -0.274. The zero-order chi connectivity index (χ0) is 34.6. The predicted octanol–water partition coefficient (Wildman–Crippen LogP) is 6.48. The van der Waals surface area contributed by atoms with Crippen molar-refractivity contribution < 1.29 is 32.6 Å². The number of aliphatic hydroxyl groups excluding tert-OH is 1. The van der Waals surface area contributed by atoms with Crippen molar-refractivity contribution in [2.24, 2.45) is 5.92 Å². The average Bonchev–Trinajstić information content (AvgIpc) is 3.60. The molecule has 258 valence electrons. The van der Waals surface area contributed by atoms with Crippen LogP contribution in [0.3, 0.4) is 0 Å². The first-order chi connectivity index (χ1) is 23.7. The summed E-state index contributed by atoms with van der Waals surface area (Å²) in [6.45, 7) is 1.51. The van der Waals surface area contributed by atoms with Crippen molar-refractivity contribution in [3.63, 3.8) is 0 Å². The van der Waals surface area contributed by atoms with Gasteiger partial charge in [-0.25, -0.2) is 0 Å². The summed E-state index contributed by atoms with van der Waals surface area (Å²) in [7, 11) is 0. The van der Waals surface area contributed by atoms with E-state index in [9.17, 15) is 27.9 Å². The molecule has 4 aromatic rings. The lowest BCUT2D eigenvalue weighted by Gasteiger charge is -2.25. The minimum absolute atomic E-state index is 0.0218. The Morgan fingerprint density at radius 3 is 2.45 bits per heavy atom. The van der Waals surface area contributed by atoms with Crippen molar-refractivity contribution in [2.75, 3.05) is 19.6 Å². The molecule has 0 saturated carbocycles. The van der Waals surface area contributed by atoms with Gasteiger partial charge < -0.3 is 25.4 Å². The Morgan fingerprint density at radius 1 is 0.939 bits per heavy atom. The summed E-state index contributed by atoms with van der Waals surface area (Å²) in [5.74, 6) is -0.819. The van der Waals surface area contributed by atoms with Crippen LogP contribution in [0.2, 0.25) is 0 Å². The van der Waals surface area contributed by atoms with Crippen molar-refractivity contribution in [3.05, 3.63) is 131 Å². The number of hydrogen-bond donors (Lipinski definition) is 3. The van der Waals surface area contributed by atoms with E-state index in [1.54, 1.807) is 42.7 Å². The van der Waals surface area contributed by atoms with Gasteiger partial charge in [0.05, 0.1) is 12.1 Å². The molecule has 11 heteroatoms. The summed E-state index contributed by atoms with van der Waals surface area (Å²) < 4.78 is 41.8. The fourth-order valence-electron chi connectivity index (χ4n) is 6.30. The molecule has 3 N–H and O–H groups in total. The maximum absolute atomic E-state index is 13.5. The van der Waals surface area contributed by atoms with E-state index in [-0.39, 0.29) is 42.6 Å². The highest BCUT2D eigenvalue weighted by Gasteiger charge is 2.32. The van der Waals surface area contributed by atoms with E-state index in [1.165, 1.54) is 18.2 Å². The van der Waals surface area contributed by atoms with Gasteiger partial charge >= 0.3 is 6.36 Å². The van der Waals surface area contributed by atoms with Gasteiger partial charge in [0.15, 0.2) is 0 Å². The van der Waals surface area contributed by atoms with Crippen LogP contribution in [0.4, 0.5) is 13.2 Å². The largest absolute Gasteiger partial charge is 0.573 e. The number of aromatic nitrogens is 1. The molecule has 0 spiro atoms. The molecule has 1 aliphatic rings. The van der Waals surface area contributed by atoms with Crippen LogP contribution in [0.15, 0.2) is 103 Å². The highest BCUT2D eigenvalue weighted by Crippen LogP contribution is 2.33. The number of benzene rings is 3. The van der Waals surface area contributed by atoms with Crippen LogP contribution in [0.25, 0.3) is 0 Å². The Kier molecular flexibility index (Phi) is 12.4. The van der Waals surface area contributed by atoms with Crippen molar-refractivity contribution in [2.45, 2.75) is 57.2 Å². The second-order valence-electron chi connectivity index (χ2n) is 12.3. The van der Waals surface area contributed by atoms with Crippen LogP contribution in [-0.2, 0) is 13.0 Å². The third-order valence-corrected chi connectivity index (χ3v) is 8.71. The van der Waals surface area contributed by atoms with E-state index in [4.69, 9.17) is 0 Å². The maximum Gasteiger partial charge on any atom is 0.573 e. The van der Waals surface area contributed by atoms with Gasteiger partial charge in [0.1, 0.15) is 5.75 Å². The fraction of sp³-hybridized carbons (Fsp3) is 0.342. The number of halogens is 3. The third-order valence-electron chi connectivity index (χ3n) is 8.71. The highest BCUT2D eigenvalue weighted by atomic mass is 19.4. The molecule has 8 nitrogen and oxygen atoms in total. The number of ether oxygens (including phenoxy) is 1. The fourth-order valence-corrected chi connectivity index (χ4v) is 6.30. The zero-order valence-electron chi connectivity index (χ0n) is 27.1. The topological polar surface area (TPSA) is 104 Å². The molecule has 5 rings (SSSR count). The van der Waals surface area contributed by atoms with Crippen molar-refractivity contribution >= 4 is 11.8 Å². The first kappa shape index (κ1) is 35.6. The van der Waals surface area contributed by atoms with Crippen LogP contribution >= 0.6 is 0 Å². The summed E-state index contributed by atoms with van der Waals surface area (Å²) in [6.07, 6.45) is 1.58. The first-order valence-electron chi connectivity index (χ1n) is 16.5. The summed E-state index contributed by atoms with van der Waals surface area (Å²) in [6, 6.07) is 26.1. The molecule has 1 fully saturated rings. The smallest absolute Gasteiger partial charge is 0.406 e. The van der Waals surface area contributed by atoms with Crippen LogP contribution < -0.4 is 15.4 Å². The van der Waals surface area contributed by atoms with E-state index in [1.807, 2.05) is 47.4 Å². The van der Waals surface area contributed by atoms with Gasteiger partial charge in [0, 0.05) is 49.7 Å². The summed E-state index contributed by atoms with van der Waals surface area (Å²) >= 11 is 0. The number of carbonyl (C=O) groups is 2. The number of pyridine rings is 1. The molecular formula is C38H41F3N4O4. The number of likely N-dealkylation sites (tertiary alicyclic amines) is 1. The maximum atomic E-state index is 13.5. The molecule has 1 saturated heterocycles. The van der Waals surface area contributed by atoms with Gasteiger partial charge in [-0.15, -0.1) is 13.2 Å². The number of carbonyl (C=O) groups excluding carboxylic acids is 2. The highest BCUT2D eigenvalue weighted by molar-refractivity contribution is 5.99. The van der Waals surface area contributed by atoms with Crippen molar-refractivity contribution in [3.8, 4) is 5.75 Å². The Bertz CT molecular complexity index is 1660. The second-order valence-corrected chi connectivity index (χ2v) is 12.3. The number of aliphatic hydroxyl groups is 1. The standard InChI is InChI=1S/C38H41F3N4O4/c39-38(40,41)49-33-14-4-10-28(23-33)25-43-26-35(46)30(22-27-8-2-1-3-9-27)13-6-18-44-36(47)31-11-5-12-32(24-31)37(48)45-21-7-15-34(45)29-16-19-42-20-17-29/h1-5,8-12,14,16-17,19-20,23-24,30,34-35,43,46H,6-7,13,15,18,21-22,25-26H2,(H,44,47). The van der Waals surface area contributed by atoms with Gasteiger partial charge in [-0.1, -0.05) is 48.5 Å². The number of nitrogens with one attached hydrogen (secondary N) is 2. The molecule has 1 aliphatic heterocycles. The minimum atomic E-state index is -4.77. The lowest BCUT2D eigenvalue weighted by Crippen LogP contribution is -2.34. The zero-order valence-corrected chi connectivity index (χ0v) is 27.1. The van der Waals surface area contributed by atoms with Crippen molar-refractivity contribution in [1.82, 2.24) is 20.5 Å². The number of amides is 2. The average molecular weight is 675 g/mol. The van der Waals surface area contributed by atoms with E-state index in [2.05, 4.69) is 20.4 Å². The molecule has 3 aromatic carbocycles. The molecule has 3 unspecified atom stereocenters. The number of nitrogens with zero attached hydrogens (tertiary/aromatic N) is 2. The van der Waals surface area contributed by atoms with Crippen molar-refractivity contribution in [1.29, 1.82) is 0 Å². The Labute approximate surface area is 284 Å². The molecule has 1 aromatic heterocycles. The molecule has 2 heterocycles. The van der Waals surface area contributed by atoms with Crippen LogP contribution in [0, 0.1) is 5.92 Å². The van der Waals surface area contributed by atoms with Crippen LogP contribution in [-0.4, -0.2) is 58.9 Å². The Balaban J connectivity index is 1.13. The Morgan fingerprint density at radius 2 is 1.67 bits per heavy atom. The normalized spacial score (nSPS) is 15.8. The van der Waals surface area contributed by atoms with E-state index < -0.39 is 12.5 Å². The number of hydrogen-bond acceptors (Lipinski definition) is 6. The summed E-state index contributed by atoms with van der Waals surface area (Å²) in [4.78, 5) is 32.5. The Hall–Kier alpha value is -4.74. The molecule has 0 aliphatic carbocycles. The molecular weight excluding hydrogens is 633 g/mol. The summed E-state index contributed by atoms with van der Waals surface area (Å²) in [5.41, 5.74) is 3.58. The first-order valence-corrected chi connectivity index (χ1v) is 16.5.